The van der Waals surface area contributed by atoms with Crippen LogP contribution >= 0.6 is 15.9 Å². The van der Waals surface area contributed by atoms with Crippen molar-refractivity contribution in [3.63, 3.8) is 0 Å². The van der Waals surface area contributed by atoms with Crippen LogP contribution in [0, 0.1) is 0 Å². The number of carbonyl (C=O) groups is 2. The summed E-state index contributed by atoms with van der Waals surface area (Å²) in [7, 11) is 1.57. The Bertz CT molecular complexity index is 888. The number of ether oxygens (including phenoxy) is 2. The number of anilines is 1. The number of hydrogen-bond donors (Lipinski definition) is 1. The average molecular weight is 462 g/mol. The molecule has 29 heavy (non-hydrogen) atoms. The lowest BCUT2D eigenvalue weighted by atomic mass is 10.0. The Morgan fingerprint density at radius 3 is 2.66 bits per heavy atom. The van der Waals surface area contributed by atoms with Crippen LogP contribution in [0.25, 0.3) is 0 Å². The smallest absolute Gasteiger partial charge is 0.416 e. The van der Waals surface area contributed by atoms with Crippen LogP contribution in [-0.4, -0.2) is 36.9 Å². The number of fused-ring (bicyclic) bond motifs is 1. The molecule has 0 bridgehead atoms. The van der Waals surface area contributed by atoms with Gasteiger partial charge >= 0.3 is 6.09 Å². The SMILES string of the molecule is CCOC(=O)N1c2ccc(C(C)NC(=O)c3ccc(Br)cc3)nc2CCC1OC. The molecule has 2 atom stereocenters. The molecule has 0 fully saturated rings. The number of aromatic nitrogens is 1. The van der Waals surface area contributed by atoms with Crippen LogP contribution in [0.4, 0.5) is 10.5 Å². The number of methoxy groups -OCH3 is 1. The van der Waals surface area contributed by atoms with E-state index in [1.807, 2.05) is 31.2 Å². The van der Waals surface area contributed by atoms with Crippen LogP contribution in [0.5, 0.6) is 0 Å². The topological polar surface area (TPSA) is 80.8 Å². The second-order valence-electron chi connectivity index (χ2n) is 6.70. The zero-order valence-electron chi connectivity index (χ0n) is 16.6. The van der Waals surface area contributed by atoms with Crippen LogP contribution in [0.3, 0.4) is 0 Å². The van der Waals surface area contributed by atoms with E-state index in [9.17, 15) is 9.59 Å². The van der Waals surface area contributed by atoms with E-state index in [2.05, 4.69) is 21.2 Å². The van der Waals surface area contributed by atoms with Gasteiger partial charge in [0.05, 0.1) is 29.7 Å². The predicted molar refractivity (Wildman–Crippen MR) is 113 cm³/mol. The second kappa shape index (κ2) is 9.37. The monoisotopic (exact) mass is 461 g/mol. The molecule has 2 heterocycles. The molecule has 3 rings (SSSR count). The lowest BCUT2D eigenvalue weighted by Crippen LogP contribution is -2.45. The summed E-state index contributed by atoms with van der Waals surface area (Å²) in [5.74, 6) is -0.169. The van der Waals surface area contributed by atoms with Crippen molar-refractivity contribution in [2.24, 2.45) is 0 Å². The molecule has 1 N–H and O–H groups in total. The van der Waals surface area contributed by atoms with E-state index in [0.29, 0.717) is 24.1 Å². The largest absolute Gasteiger partial charge is 0.449 e. The minimum atomic E-state index is -0.452. The minimum absolute atomic E-state index is 0.169. The number of nitrogens with one attached hydrogen (secondary N) is 1. The van der Waals surface area contributed by atoms with E-state index < -0.39 is 6.09 Å². The molecule has 2 unspecified atom stereocenters. The van der Waals surface area contributed by atoms with Gasteiger partial charge in [-0.3, -0.25) is 9.78 Å². The highest BCUT2D eigenvalue weighted by Gasteiger charge is 2.33. The van der Waals surface area contributed by atoms with E-state index >= 15 is 0 Å². The molecule has 0 aliphatic carbocycles. The van der Waals surface area contributed by atoms with Gasteiger partial charge < -0.3 is 14.8 Å². The Kier molecular flexibility index (Phi) is 6.87. The fourth-order valence-electron chi connectivity index (χ4n) is 3.29. The minimum Gasteiger partial charge on any atom is -0.449 e. The van der Waals surface area contributed by atoms with Gasteiger partial charge in [0.25, 0.3) is 5.91 Å². The fourth-order valence-corrected chi connectivity index (χ4v) is 3.55. The Morgan fingerprint density at radius 1 is 1.28 bits per heavy atom. The van der Waals surface area contributed by atoms with E-state index in [0.717, 1.165) is 15.9 Å². The summed E-state index contributed by atoms with van der Waals surface area (Å²) in [5, 5.41) is 2.97. The van der Waals surface area contributed by atoms with Crippen molar-refractivity contribution in [2.75, 3.05) is 18.6 Å². The maximum absolute atomic E-state index is 12.5. The number of aryl methyl sites for hydroxylation is 1. The molecule has 1 aromatic heterocycles. The van der Waals surface area contributed by atoms with Crippen molar-refractivity contribution in [3.05, 3.63) is 57.8 Å². The summed E-state index contributed by atoms with van der Waals surface area (Å²) in [6, 6.07) is 10.5. The third-order valence-electron chi connectivity index (χ3n) is 4.78. The summed E-state index contributed by atoms with van der Waals surface area (Å²) >= 11 is 3.36. The quantitative estimate of drug-likeness (QED) is 0.720. The summed E-state index contributed by atoms with van der Waals surface area (Å²) in [4.78, 5) is 31.1. The Balaban J connectivity index is 1.79. The third-order valence-corrected chi connectivity index (χ3v) is 5.31. The third kappa shape index (κ3) is 4.76. The van der Waals surface area contributed by atoms with E-state index in [1.54, 1.807) is 26.2 Å². The molecule has 0 radical (unpaired) electrons. The molecular weight excluding hydrogens is 438 g/mol. The Morgan fingerprint density at radius 2 is 2.00 bits per heavy atom. The number of benzene rings is 1. The van der Waals surface area contributed by atoms with E-state index in [1.165, 1.54) is 4.90 Å². The maximum atomic E-state index is 12.5. The molecular formula is C21H24BrN3O4. The van der Waals surface area contributed by atoms with Gasteiger partial charge in [-0.25, -0.2) is 9.69 Å². The van der Waals surface area contributed by atoms with Gasteiger partial charge in [-0.05, 0) is 63.1 Å². The average Bonchev–Trinajstić information content (AvgIpc) is 2.72. The van der Waals surface area contributed by atoms with E-state index in [4.69, 9.17) is 14.5 Å². The molecule has 2 amide bonds. The van der Waals surface area contributed by atoms with Gasteiger partial charge in [0.1, 0.15) is 6.23 Å². The van der Waals surface area contributed by atoms with Crippen molar-refractivity contribution in [1.82, 2.24) is 10.3 Å². The lowest BCUT2D eigenvalue weighted by molar-refractivity contribution is 0.0766. The lowest BCUT2D eigenvalue weighted by Gasteiger charge is -2.35. The zero-order chi connectivity index (χ0) is 21.0. The van der Waals surface area contributed by atoms with Crippen molar-refractivity contribution >= 4 is 33.6 Å². The molecule has 154 valence electrons. The number of halogens is 1. The van der Waals surface area contributed by atoms with Crippen LogP contribution in [0.1, 0.15) is 48.1 Å². The molecule has 2 aromatic rings. The number of carbonyl (C=O) groups excluding carboxylic acids is 2. The molecule has 0 spiro atoms. The predicted octanol–water partition coefficient (Wildman–Crippen LogP) is 4.22. The maximum Gasteiger partial charge on any atom is 0.416 e. The fraction of sp³-hybridized carbons (Fsp3) is 0.381. The number of amides is 2. The van der Waals surface area contributed by atoms with Gasteiger partial charge in [-0.15, -0.1) is 0 Å². The first kappa shape index (κ1) is 21.3. The zero-order valence-corrected chi connectivity index (χ0v) is 18.2. The molecule has 0 saturated carbocycles. The first-order chi connectivity index (χ1) is 13.9. The highest BCUT2D eigenvalue weighted by atomic mass is 79.9. The van der Waals surface area contributed by atoms with E-state index in [-0.39, 0.29) is 24.8 Å². The highest BCUT2D eigenvalue weighted by molar-refractivity contribution is 9.10. The first-order valence-corrected chi connectivity index (χ1v) is 10.3. The van der Waals surface area contributed by atoms with Gasteiger partial charge in [0.2, 0.25) is 0 Å². The van der Waals surface area contributed by atoms with Gasteiger partial charge in [0.15, 0.2) is 0 Å². The van der Waals surface area contributed by atoms with Crippen molar-refractivity contribution in [2.45, 2.75) is 39.0 Å². The second-order valence-corrected chi connectivity index (χ2v) is 7.62. The van der Waals surface area contributed by atoms with Gasteiger partial charge in [-0.1, -0.05) is 15.9 Å². The van der Waals surface area contributed by atoms with Crippen LogP contribution < -0.4 is 10.2 Å². The number of hydrogen-bond acceptors (Lipinski definition) is 5. The molecule has 1 aliphatic rings. The summed E-state index contributed by atoms with van der Waals surface area (Å²) in [6.07, 6.45) is 0.457. The number of pyridine rings is 1. The van der Waals surface area contributed by atoms with Crippen LogP contribution in [0.15, 0.2) is 40.9 Å². The number of nitrogens with zero attached hydrogens (tertiary/aromatic N) is 2. The molecule has 1 aliphatic heterocycles. The Hall–Kier alpha value is -2.45. The summed E-state index contributed by atoms with van der Waals surface area (Å²) < 4.78 is 11.5. The van der Waals surface area contributed by atoms with Gasteiger partial charge in [0, 0.05) is 17.1 Å². The standard InChI is InChI=1S/C21H24BrN3O4/c1-4-29-21(27)25-18-11-9-16(24-17(18)10-12-19(25)28-3)13(2)23-20(26)14-5-7-15(22)8-6-14/h5-9,11,13,19H,4,10,12H2,1-3H3,(H,23,26). The summed E-state index contributed by atoms with van der Waals surface area (Å²) in [5.41, 5.74) is 2.77. The number of rotatable bonds is 5. The van der Waals surface area contributed by atoms with Crippen molar-refractivity contribution in [1.29, 1.82) is 0 Å². The Labute approximate surface area is 178 Å². The molecule has 1 aromatic carbocycles. The molecule has 0 saturated heterocycles. The normalized spacial score (nSPS) is 16.7. The molecule has 7 nitrogen and oxygen atoms in total. The van der Waals surface area contributed by atoms with Gasteiger partial charge in [-0.2, -0.15) is 0 Å². The van der Waals surface area contributed by atoms with Crippen molar-refractivity contribution < 1.29 is 19.1 Å². The van der Waals surface area contributed by atoms with Crippen LogP contribution in [-0.2, 0) is 15.9 Å². The van der Waals surface area contributed by atoms with Crippen LogP contribution in [0.2, 0.25) is 0 Å². The first-order valence-electron chi connectivity index (χ1n) is 9.49. The summed E-state index contributed by atoms with van der Waals surface area (Å²) in [6.45, 7) is 3.93. The van der Waals surface area contributed by atoms with Crippen molar-refractivity contribution in [3.8, 4) is 0 Å². The molecule has 8 heteroatoms. The highest BCUT2D eigenvalue weighted by Crippen LogP contribution is 2.31.